The zero-order valence-corrected chi connectivity index (χ0v) is 13.1. The Bertz CT molecular complexity index is 519. The summed E-state index contributed by atoms with van der Waals surface area (Å²) in [6.45, 7) is 7.46. The van der Waals surface area contributed by atoms with Crippen molar-refractivity contribution in [3.63, 3.8) is 0 Å². The third-order valence-corrected chi connectivity index (χ3v) is 4.03. The molecule has 1 aliphatic rings. The number of amides is 2. The maximum absolute atomic E-state index is 12.5. The summed E-state index contributed by atoms with van der Waals surface area (Å²) in [6.07, 6.45) is 2.12. The minimum Gasteiger partial charge on any atom is -0.341 e. The first-order valence-electron chi connectivity index (χ1n) is 7.66. The van der Waals surface area contributed by atoms with Gasteiger partial charge in [0.2, 0.25) is 5.91 Å². The molecule has 21 heavy (non-hydrogen) atoms. The van der Waals surface area contributed by atoms with E-state index in [1.807, 2.05) is 43.9 Å². The van der Waals surface area contributed by atoms with Crippen molar-refractivity contribution in [2.45, 2.75) is 39.7 Å². The Kier molecular flexibility index (Phi) is 4.99. The first-order valence-corrected chi connectivity index (χ1v) is 7.66. The number of hydrogen-bond acceptors (Lipinski definition) is 2. The quantitative estimate of drug-likeness (QED) is 0.924. The minimum atomic E-state index is -0.449. The molecule has 4 heteroatoms. The molecule has 0 unspecified atom stereocenters. The topological polar surface area (TPSA) is 49.4 Å². The van der Waals surface area contributed by atoms with Crippen molar-refractivity contribution in [1.29, 1.82) is 0 Å². The van der Waals surface area contributed by atoms with Crippen molar-refractivity contribution in [1.82, 2.24) is 10.2 Å². The van der Waals surface area contributed by atoms with Gasteiger partial charge in [-0.1, -0.05) is 32.0 Å². The Morgan fingerprint density at radius 3 is 2.33 bits per heavy atom. The third-order valence-electron chi connectivity index (χ3n) is 4.03. The fraction of sp³-hybridized carbons (Fsp3) is 0.529. The number of carbonyl (C=O) groups excluding carboxylic acids is 2. The van der Waals surface area contributed by atoms with E-state index in [1.54, 1.807) is 6.07 Å². The van der Waals surface area contributed by atoms with Crippen LogP contribution in [0, 0.1) is 12.8 Å². The fourth-order valence-electron chi connectivity index (χ4n) is 2.69. The maximum Gasteiger partial charge on any atom is 0.252 e. The molecule has 1 fully saturated rings. The number of aryl methyl sites for hydroxylation is 1. The first-order chi connectivity index (χ1) is 10.0. The Morgan fingerprint density at radius 2 is 1.76 bits per heavy atom. The number of rotatable bonds is 4. The van der Waals surface area contributed by atoms with E-state index >= 15 is 0 Å². The first kappa shape index (κ1) is 15.5. The SMILES string of the molecule is Cc1ccccc1C(=O)N[C@H](C(=O)N1CCCC1)C(C)C. The van der Waals surface area contributed by atoms with Gasteiger partial charge in [0.1, 0.15) is 6.04 Å². The molecule has 1 aliphatic heterocycles. The average molecular weight is 288 g/mol. The number of nitrogens with zero attached hydrogens (tertiary/aromatic N) is 1. The van der Waals surface area contributed by atoms with Crippen molar-refractivity contribution < 1.29 is 9.59 Å². The van der Waals surface area contributed by atoms with Crippen LogP contribution in [0.3, 0.4) is 0 Å². The summed E-state index contributed by atoms with van der Waals surface area (Å²) in [5, 5.41) is 2.92. The summed E-state index contributed by atoms with van der Waals surface area (Å²) in [4.78, 5) is 26.8. The second kappa shape index (κ2) is 6.74. The smallest absolute Gasteiger partial charge is 0.252 e. The molecule has 0 aromatic heterocycles. The lowest BCUT2D eigenvalue weighted by Crippen LogP contribution is -2.50. The molecule has 2 rings (SSSR count). The van der Waals surface area contributed by atoms with Crippen molar-refractivity contribution in [3.8, 4) is 0 Å². The van der Waals surface area contributed by atoms with E-state index in [-0.39, 0.29) is 17.7 Å². The highest BCUT2D eigenvalue weighted by Gasteiger charge is 2.30. The summed E-state index contributed by atoms with van der Waals surface area (Å²) in [5.41, 5.74) is 1.56. The Hall–Kier alpha value is -1.84. The van der Waals surface area contributed by atoms with Crippen molar-refractivity contribution in [3.05, 3.63) is 35.4 Å². The summed E-state index contributed by atoms with van der Waals surface area (Å²) in [5.74, 6) is -0.0464. The molecule has 0 saturated carbocycles. The second-order valence-electron chi connectivity index (χ2n) is 6.04. The Morgan fingerprint density at radius 1 is 1.14 bits per heavy atom. The van der Waals surface area contributed by atoms with Gasteiger partial charge in [-0.25, -0.2) is 0 Å². The summed E-state index contributed by atoms with van der Waals surface area (Å²) < 4.78 is 0. The molecule has 1 aromatic rings. The van der Waals surface area contributed by atoms with E-state index in [9.17, 15) is 9.59 Å². The largest absolute Gasteiger partial charge is 0.341 e. The molecule has 0 radical (unpaired) electrons. The number of carbonyl (C=O) groups is 2. The number of benzene rings is 1. The van der Waals surface area contributed by atoms with E-state index in [0.717, 1.165) is 31.5 Å². The lowest BCUT2D eigenvalue weighted by molar-refractivity contribution is -0.133. The minimum absolute atomic E-state index is 0.0458. The van der Waals surface area contributed by atoms with Crippen LogP contribution in [0.25, 0.3) is 0 Å². The van der Waals surface area contributed by atoms with Crippen LogP contribution in [0.4, 0.5) is 0 Å². The van der Waals surface area contributed by atoms with Gasteiger partial charge >= 0.3 is 0 Å². The van der Waals surface area contributed by atoms with Gasteiger partial charge in [-0.05, 0) is 37.3 Å². The van der Waals surface area contributed by atoms with Gasteiger partial charge in [0.05, 0.1) is 0 Å². The summed E-state index contributed by atoms with van der Waals surface area (Å²) in [6, 6.07) is 7.00. The lowest BCUT2D eigenvalue weighted by Gasteiger charge is -2.26. The second-order valence-corrected chi connectivity index (χ2v) is 6.04. The van der Waals surface area contributed by atoms with Gasteiger partial charge in [0.15, 0.2) is 0 Å². The predicted molar refractivity (Wildman–Crippen MR) is 83.1 cm³/mol. The van der Waals surface area contributed by atoms with Crippen LogP contribution in [-0.4, -0.2) is 35.8 Å². The predicted octanol–water partition coefficient (Wildman–Crippen LogP) is 2.37. The van der Waals surface area contributed by atoms with Gasteiger partial charge in [-0.3, -0.25) is 9.59 Å². The highest BCUT2D eigenvalue weighted by atomic mass is 16.2. The highest BCUT2D eigenvalue weighted by Crippen LogP contribution is 2.14. The molecule has 1 atom stereocenters. The van der Waals surface area contributed by atoms with Crippen LogP contribution in [-0.2, 0) is 4.79 Å². The van der Waals surface area contributed by atoms with E-state index < -0.39 is 6.04 Å². The number of hydrogen-bond donors (Lipinski definition) is 1. The molecule has 0 spiro atoms. The Labute approximate surface area is 126 Å². The lowest BCUT2D eigenvalue weighted by atomic mass is 10.0. The zero-order chi connectivity index (χ0) is 15.4. The van der Waals surface area contributed by atoms with Crippen molar-refractivity contribution in [2.24, 2.45) is 5.92 Å². The fourth-order valence-corrected chi connectivity index (χ4v) is 2.69. The van der Waals surface area contributed by atoms with Crippen LogP contribution in [0.1, 0.15) is 42.6 Å². The van der Waals surface area contributed by atoms with Crippen LogP contribution < -0.4 is 5.32 Å². The molecule has 0 bridgehead atoms. The zero-order valence-electron chi connectivity index (χ0n) is 13.1. The molecular weight excluding hydrogens is 264 g/mol. The number of nitrogens with one attached hydrogen (secondary N) is 1. The van der Waals surface area contributed by atoms with Crippen LogP contribution in [0.5, 0.6) is 0 Å². The molecule has 4 nitrogen and oxygen atoms in total. The highest BCUT2D eigenvalue weighted by molar-refractivity contribution is 5.98. The van der Waals surface area contributed by atoms with E-state index in [2.05, 4.69) is 5.32 Å². The molecule has 1 N–H and O–H groups in total. The van der Waals surface area contributed by atoms with Crippen LogP contribution >= 0.6 is 0 Å². The van der Waals surface area contributed by atoms with Gasteiger partial charge in [-0.2, -0.15) is 0 Å². The summed E-state index contributed by atoms with van der Waals surface area (Å²) >= 11 is 0. The Balaban J connectivity index is 2.11. The standard InChI is InChI=1S/C17H24N2O2/c1-12(2)15(17(21)19-10-6-7-11-19)18-16(20)14-9-5-4-8-13(14)3/h4-5,8-9,12,15H,6-7,10-11H2,1-3H3,(H,18,20)/t15-/m0/s1. The molecular formula is C17H24N2O2. The maximum atomic E-state index is 12.5. The molecule has 1 saturated heterocycles. The van der Waals surface area contributed by atoms with Crippen molar-refractivity contribution >= 4 is 11.8 Å². The van der Waals surface area contributed by atoms with Crippen molar-refractivity contribution in [2.75, 3.05) is 13.1 Å². The number of likely N-dealkylation sites (tertiary alicyclic amines) is 1. The molecule has 1 aromatic carbocycles. The van der Waals surface area contributed by atoms with Crippen LogP contribution in [0.15, 0.2) is 24.3 Å². The van der Waals surface area contributed by atoms with Gasteiger partial charge in [0, 0.05) is 18.7 Å². The monoisotopic (exact) mass is 288 g/mol. The van der Waals surface area contributed by atoms with E-state index in [4.69, 9.17) is 0 Å². The molecule has 114 valence electrons. The molecule has 1 heterocycles. The normalized spacial score (nSPS) is 16.1. The third kappa shape index (κ3) is 3.63. The van der Waals surface area contributed by atoms with Gasteiger partial charge < -0.3 is 10.2 Å². The molecule has 2 amide bonds. The molecule has 0 aliphatic carbocycles. The van der Waals surface area contributed by atoms with Gasteiger partial charge in [-0.15, -0.1) is 0 Å². The van der Waals surface area contributed by atoms with Crippen LogP contribution in [0.2, 0.25) is 0 Å². The van der Waals surface area contributed by atoms with Gasteiger partial charge in [0.25, 0.3) is 5.91 Å². The average Bonchev–Trinajstić information content (AvgIpc) is 2.98. The van der Waals surface area contributed by atoms with E-state index in [0.29, 0.717) is 5.56 Å². The van der Waals surface area contributed by atoms with E-state index in [1.165, 1.54) is 0 Å². The summed E-state index contributed by atoms with van der Waals surface area (Å²) in [7, 11) is 0.